The third kappa shape index (κ3) is 3.65. The van der Waals surface area contributed by atoms with Gasteiger partial charge in [0.05, 0.1) is 15.9 Å². The molecule has 1 N–H and O–H groups in total. The largest absolute Gasteiger partial charge is 0.302 e. The molecule has 0 unspecified atom stereocenters. The summed E-state index contributed by atoms with van der Waals surface area (Å²) in [6.45, 7) is 2.93. The fourth-order valence-electron chi connectivity index (χ4n) is 1.17. The summed E-state index contributed by atoms with van der Waals surface area (Å²) in [4.78, 5) is 10.3. The highest BCUT2D eigenvalue weighted by atomic mass is 79.9. The molecule has 16 heavy (non-hydrogen) atoms. The molecule has 0 heterocycles. The van der Waals surface area contributed by atoms with Crippen LogP contribution in [0.2, 0.25) is 0 Å². The second kappa shape index (κ2) is 6.26. The zero-order valence-corrected chi connectivity index (χ0v) is 10.4. The van der Waals surface area contributed by atoms with Gasteiger partial charge in [-0.1, -0.05) is 12.0 Å². The predicted octanol–water partition coefficient (Wildman–Crippen LogP) is 2.47. The fourth-order valence-corrected chi connectivity index (χ4v) is 1.56. The lowest BCUT2D eigenvalue weighted by molar-refractivity contribution is -0.385. The molecule has 0 amide bonds. The number of halogens is 1. The van der Waals surface area contributed by atoms with Crippen LogP contribution < -0.4 is 5.32 Å². The maximum atomic E-state index is 10.7. The third-order valence-electron chi connectivity index (χ3n) is 1.93. The molecule has 0 aliphatic heterocycles. The molecule has 1 rings (SSSR count). The molecular weight excluding hydrogens is 272 g/mol. The Morgan fingerprint density at radius 2 is 2.31 bits per heavy atom. The number of benzene rings is 1. The van der Waals surface area contributed by atoms with Crippen molar-refractivity contribution in [3.8, 4) is 11.8 Å². The molecular formula is C11H11BrN2O2. The highest BCUT2D eigenvalue weighted by Gasteiger charge is 2.11. The van der Waals surface area contributed by atoms with Crippen molar-refractivity contribution in [2.45, 2.75) is 13.5 Å². The molecule has 0 aromatic heterocycles. The monoisotopic (exact) mass is 282 g/mol. The van der Waals surface area contributed by atoms with Crippen LogP contribution in [0.3, 0.4) is 0 Å². The molecule has 0 fully saturated rings. The summed E-state index contributed by atoms with van der Waals surface area (Å²) < 4.78 is 0.495. The van der Waals surface area contributed by atoms with Gasteiger partial charge in [0.25, 0.3) is 5.69 Å². The lowest BCUT2D eigenvalue weighted by Crippen LogP contribution is -2.13. The van der Waals surface area contributed by atoms with Gasteiger partial charge >= 0.3 is 0 Å². The minimum atomic E-state index is -0.403. The summed E-state index contributed by atoms with van der Waals surface area (Å²) in [7, 11) is 0. The van der Waals surface area contributed by atoms with Crippen molar-refractivity contribution in [3.63, 3.8) is 0 Å². The summed E-state index contributed by atoms with van der Waals surface area (Å²) >= 11 is 3.14. The number of hydrogen-bond acceptors (Lipinski definition) is 3. The predicted molar refractivity (Wildman–Crippen MR) is 66.0 cm³/mol. The van der Waals surface area contributed by atoms with Crippen molar-refractivity contribution in [2.24, 2.45) is 0 Å². The number of nitro benzene ring substituents is 1. The SMILES string of the molecule is CC#CCNCc1ccc(Br)c([N+](=O)[O-])c1. The fraction of sp³-hybridized carbons (Fsp3) is 0.273. The number of hydrogen-bond donors (Lipinski definition) is 1. The van der Waals surface area contributed by atoms with E-state index in [1.807, 2.05) is 6.07 Å². The second-order valence-corrected chi connectivity index (χ2v) is 3.93. The van der Waals surface area contributed by atoms with Gasteiger partial charge < -0.3 is 5.32 Å². The van der Waals surface area contributed by atoms with Gasteiger partial charge in [0.15, 0.2) is 0 Å². The minimum Gasteiger partial charge on any atom is -0.302 e. The number of nitrogens with one attached hydrogen (secondary N) is 1. The molecule has 0 saturated heterocycles. The number of nitro groups is 1. The molecule has 84 valence electrons. The highest BCUT2D eigenvalue weighted by molar-refractivity contribution is 9.10. The smallest absolute Gasteiger partial charge is 0.283 e. The molecule has 0 aliphatic rings. The highest BCUT2D eigenvalue weighted by Crippen LogP contribution is 2.25. The minimum absolute atomic E-state index is 0.0841. The van der Waals surface area contributed by atoms with Gasteiger partial charge in [-0.2, -0.15) is 0 Å². The summed E-state index contributed by atoms with van der Waals surface area (Å²) in [6, 6.07) is 5.07. The molecule has 5 heteroatoms. The van der Waals surface area contributed by atoms with Gasteiger partial charge in [-0.3, -0.25) is 10.1 Å². The Morgan fingerprint density at radius 3 is 2.94 bits per heavy atom. The Balaban J connectivity index is 2.70. The second-order valence-electron chi connectivity index (χ2n) is 3.07. The third-order valence-corrected chi connectivity index (χ3v) is 2.60. The zero-order chi connectivity index (χ0) is 12.0. The Morgan fingerprint density at radius 1 is 1.56 bits per heavy atom. The molecule has 0 bridgehead atoms. The summed E-state index contributed by atoms with van der Waals surface area (Å²) in [5.74, 6) is 5.63. The quantitative estimate of drug-likeness (QED) is 0.400. The average molecular weight is 283 g/mol. The van der Waals surface area contributed by atoms with E-state index >= 15 is 0 Å². The van der Waals surface area contributed by atoms with Crippen LogP contribution in [-0.2, 0) is 6.54 Å². The van der Waals surface area contributed by atoms with E-state index in [1.54, 1.807) is 19.1 Å². The van der Waals surface area contributed by atoms with Crippen LogP contribution in [0.4, 0.5) is 5.69 Å². The van der Waals surface area contributed by atoms with E-state index in [-0.39, 0.29) is 5.69 Å². The van der Waals surface area contributed by atoms with E-state index in [2.05, 4.69) is 33.1 Å². The van der Waals surface area contributed by atoms with Crippen molar-refractivity contribution in [2.75, 3.05) is 6.54 Å². The van der Waals surface area contributed by atoms with Crippen LogP contribution in [0.15, 0.2) is 22.7 Å². The molecule has 0 aliphatic carbocycles. The van der Waals surface area contributed by atoms with E-state index in [9.17, 15) is 10.1 Å². The van der Waals surface area contributed by atoms with Gasteiger partial charge in [-0.05, 0) is 34.5 Å². The first-order chi connectivity index (χ1) is 7.65. The van der Waals surface area contributed by atoms with Crippen molar-refractivity contribution in [1.82, 2.24) is 5.32 Å². The molecule has 0 atom stereocenters. The van der Waals surface area contributed by atoms with E-state index in [0.717, 1.165) is 5.56 Å². The topological polar surface area (TPSA) is 55.2 Å². The van der Waals surface area contributed by atoms with Crippen LogP contribution in [0.25, 0.3) is 0 Å². The van der Waals surface area contributed by atoms with Crippen molar-refractivity contribution >= 4 is 21.6 Å². The van der Waals surface area contributed by atoms with E-state index in [0.29, 0.717) is 17.6 Å². The normalized spacial score (nSPS) is 9.38. The lowest BCUT2D eigenvalue weighted by atomic mass is 10.2. The first-order valence-electron chi connectivity index (χ1n) is 4.68. The standard InChI is InChI=1S/C11H11BrN2O2/c1-2-3-6-13-8-9-4-5-10(12)11(7-9)14(15)16/h4-5,7,13H,6,8H2,1H3. The van der Waals surface area contributed by atoms with Gasteiger partial charge in [-0.15, -0.1) is 5.92 Å². The maximum Gasteiger partial charge on any atom is 0.283 e. The van der Waals surface area contributed by atoms with E-state index in [1.165, 1.54) is 0 Å². The zero-order valence-electron chi connectivity index (χ0n) is 8.79. The summed E-state index contributed by atoms with van der Waals surface area (Å²) in [6.07, 6.45) is 0. The number of rotatable bonds is 4. The molecule has 4 nitrogen and oxygen atoms in total. The molecule has 0 radical (unpaired) electrons. The van der Waals surface area contributed by atoms with Crippen LogP contribution in [0.1, 0.15) is 12.5 Å². The van der Waals surface area contributed by atoms with Crippen molar-refractivity contribution < 1.29 is 4.92 Å². The van der Waals surface area contributed by atoms with Crippen molar-refractivity contribution in [1.29, 1.82) is 0 Å². The van der Waals surface area contributed by atoms with Gasteiger partial charge in [-0.25, -0.2) is 0 Å². The van der Waals surface area contributed by atoms with Gasteiger partial charge in [0.2, 0.25) is 0 Å². The Kier molecular flexibility index (Phi) is 4.96. The Hall–Kier alpha value is -1.38. The van der Waals surface area contributed by atoms with Gasteiger partial charge in [0, 0.05) is 12.6 Å². The maximum absolute atomic E-state index is 10.7. The van der Waals surface area contributed by atoms with Gasteiger partial charge in [0.1, 0.15) is 0 Å². The summed E-state index contributed by atoms with van der Waals surface area (Å²) in [5, 5.41) is 13.8. The van der Waals surface area contributed by atoms with Crippen molar-refractivity contribution in [3.05, 3.63) is 38.3 Å². The van der Waals surface area contributed by atoms with Crippen LogP contribution >= 0.6 is 15.9 Å². The molecule has 1 aromatic carbocycles. The lowest BCUT2D eigenvalue weighted by Gasteiger charge is -2.02. The van der Waals surface area contributed by atoms with Crippen LogP contribution in [0, 0.1) is 22.0 Å². The first-order valence-corrected chi connectivity index (χ1v) is 5.47. The molecule has 0 spiro atoms. The number of nitrogens with zero attached hydrogens (tertiary/aromatic N) is 1. The molecule has 0 saturated carbocycles. The molecule has 1 aromatic rings. The van der Waals surface area contributed by atoms with Crippen LogP contribution in [-0.4, -0.2) is 11.5 Å². The summed E-state index contributed by atoms with van der Waals surface area (Å²) in [5.41, 5.74) is 0.952. The Bertz CT molecular complexity index is 449. The van der Waals surface area contributed by atoms with E-state index in [4.69, 9.17) is 0 Å². The first kappa shape index (κ1) is 12.7. The van der Waals surface area contributed by atoms with E-state index < -0.39 is 4.92 Å². The Labute approximate surface area is 102 Å². The van der Waals surface area contributed by atoms with Crippen LogP contribution in [0.5, 0.6) is 0 Å². The average Bonchev–Trinajstić information content (AvgIpc) is 2.26.